The monoisotopic (exact) mass is 516 g/mol. The summed E-state index contributed by atoms with van der Waals surface area (Å²) in [5, 5.41) is 9.33. The molecule has 0 unspecified atom stereocenters. The third-order valence-corrected chi connectivity index (χ3v) is 12.2. The molecule has 0 saturated carbocycles. The van der Waals surface area contributed by atoms with Crippen molar-refractivity contribution >= 4 is 25.6 Å². The van der Waals surface area contributed by atoms with Crippen LogP contribution in [0.1, 0.15) is 85.3 Å². The summed E-state index contributed by atoms with van der Waals surface area (Å²) in [4.78, 5) is 24.6. The Labute approximate surface area is 218 Å². The smallest absolute Gasteiger partial charge is 0.305 e. The summed E-state index contributed by atoms with van der Waals surface area (Å²) in [5.41, 5.74) is 3.65. The van der Waals surface area contributed by atoms with Crippen molar-refractivity contribution in [1.82, 2.24) is 0 Å². The van der Waals surface area contributed by atoms with Crippen molar-refractivity contribution in [3.05, 3.63) is 52.9 Å². The van der Waals surface area contributed by atoms with Gasteiger partial charge in [0.05, 0.1) is 12.5 Å². The molecule has 1 aliphatic rings. The average molecular weight is 517 g/mol. The molecule has 1 aromatic carbocycles. The number of rotatable bonds is 9. The lowest BCUT2D eigenvalue weighted by Gasteiger charge is -2.43. The van der Waals surface area contributed by atoms with E-state index in [1.54, 1.807) is 13.0 Å². The van der Waals surface area contributed by atoms with Gasteiger partial charge in [0.15, 0.2) is 14.1 Å². The van der Waals surface area contributed by atoms with E-state index >= 15 is 0 Å². The van der Waals surface area contributed by atoms with Crippen molar-refractivity contribution in [3.8, 4) is 0 Å². The van der Waals surface area contributed by atoms with E-state index in [9.17, 15) is 19.1 Å². The maximum atomic E-state index is 14.0. The Kier molecular flexibility index (Phi) is 9.00. The molecule has 200 valence electrons. The van der Waals surface area contributed by atoms with Gasteiger partial charge in [0, 0.05) is 6.42 Å². The van der Waals surface area contributed by atoms with Crippen LogP contribution in [-0.4, -0.2) is 31.3 Å². The highest BCUT2D eigenvalue weighted by Crippen LogP contribution is 2.52. The van der Waals surface area contributed by atoms with Crippen molar-refractivity contribution in [2.24, 2.45) is 10.8 Å². The van der Waals surface area contributed by atoms with Gasteiger partial charge in [0.25, 0.3) is 0 Å². The number of hydrogen-bond acceptors (Lipinski definition) is 3. The van der Waals surface area contributed by atoms with Crippen molar-refractivity contribution in [3.63, 3.8) is 0 Å². The third kappa shape index (κ3) is 7.72. The minimum absolute atomic E-state index is 0.0273. The third-order valence-electron chi connectivity index (χ3n) is 7.67. The predicted octanol–water partition coefficient (Wildman–Crippen LogP) is 8.11. The molecule has 1 aromatic rings. The Bertz CT molecular complexity index is 1060. The molecule has 0 bridgehead atoms. The van der Waals surface area contributed by atoms with Gasteiger partial charge < -0.3 is 9.53 Å². The lowest BCUT2D eigenvalue weighted by atomic mass is 9.61. The average Bonchev–Trinajstić information content (AvgIpc) is 2.65. The number of carboxylic acids is 1. The molecule has 0 radical (unpaired) electrons. The number of aryl methyl sites for hydroxylation is 1. The number of allylic oxidation sites excluding steroid dienone is 4. The molecule has 0 amide bonds. The van der Waals surface area contributed by atoms with E-state index in [4.69, 9.17) is 4.43 Å². The second-order valence-corrected chi connectivity index (χ2v) is 18.1. The van der Waals surface area contributed by atoms with Gasteiger partial charge in [0.1, 0.15) is 5.82 Å². The number of aliphatic carboxylic acids is 1. The molecule has 1 aliphatic carbocycles. The molecule has 0 spiro atoms. The highest BCUT2D eigenvalue weighted by atomic mass is 28.4. The standard InChI is InChI=1S/C30H45FO4Si/c1-20-15-21(11-14-26(20)31)24-18-29(5,6)19-30(7,8)25(24)13-12-22(32)16-23(17-27(33)34)35-36(9,10)28(2,3)4/h11-15,23H,16-19H2,1-10H3,(H,33,34)/t23-/m1/s1. The molecule has 0 aliphatic heterocycles. The summed E-state index contributed by atoms with van der Waals surface area (Å²) in [6.45, 7) is 21.0. The van der Waals surface area contributed by atoms with E-state index in [1.165, 1.54) is 6.07 Å². The number of ketones is 1. The molecule has 0 aromatic heterocycles. The van der Waals surface area contributed by atoms with Crippen molar-refractivity contribution in [2.45, 2.75) is 105 Å². The summed E-state index contributed by atoms with van der Waals surface area (Å²) in [6, 6.07) is 5.21. The van der Waals surface area contributed by atoms with Gasteiger partial charge in [0.2, 0.25) is 0 Å². The minimum atomic E-state index is -2.24. The van der Waals surface area contributed by atoms with Crippen molar-refractivity contribution in [1.29, 1.82) is 0 Å². The Morgan fingerprint density at radius 2 is 1.78 bits per heavy atom. The van der Waals surface area contributed by atoms with Crippen LogP contribution in [0.3, 0.4) is 0 Å². The topological polar surface area (TPSA) is 63.6 Å². The van der Waals surface area contributed by atoms with Crippen LogP contribution in [0.4, 0.5) is 4.39 Å². The van der Waals surface area contributed by atoms with Crippen LogP contribution in [0.25, 0.3) is 5.57 Å². The number of halogens is 1. The number of carbonyl (C=O) groups excluding carboxylic acids is 1. The molecular weight excluding hydrogens is 471 g/mol. The molecule has 4 nitrogen and oxygen atoms in total. The van der Waals surface area contributed by atoms with Gasteiger partial charge in [-0.25, -0.2) is 4.39 Å². The van der Waals surface area contributed by atoms with Gasteiger partial charge in [-0.1, -0.05) is 60.6 Å². The maximum absolute atomic E-state index is 14.0. The van der Waals surface area contributed by atoms with E-state index in [2.05, 4.69) is 61.6 Å². The fourth-order valence-corrected chi connectivity index (χ4v) is 6.52. The fourth-order valence-electron chi connectivity index (χ4n) is 5.16. The molecule has 36 heavy (non-hydrogen) atoms. The van der Waals surface area contributed by atoms with Gasteiger partial charge in [-0.2, -0.15) is 0 Å². The van der Waals surface area contributed by atoms with E-state index in [0.717, 1.165) is 29.6 Å². The zero-order valence-corrected chi connectivity index (χ0v) is 24.8. The van der Waals surface area contributed by atoms with Crippen LogP contribution in [0.2, 0.25) is 18.1 Å². The van der Waals surface area contributed by atoms with Crippen molar-refractivity contribution < 1.29 is 23.5 Å². The lowest BCUT2D eigenvalue weighted by Crippen LogP contribution is -2.44. The highest BCUT2D eigenvalue weighted by Gasteiger charge is 2.40. The first-order valence-corrected chi connectivity index (χ1v) is 15.8. The molecule has 2 rings (SSSR count). The summed E-state index contributed by atoms with van der Waals surface area (Å²) >= 11 is 0. The van der Waals surface area contributed by atoms with Gasteiger partial charge in [-0.15, -0.1) is 0 Å². The Morgan fingerprint density at radius 3 is 2.31 bits per heavy atom. The maximum Gasteiger partial charge on any atom is 0.305 e. The van der Waals surface area contributed by atoms with E-state index < -0.39 is 20.4 Å². The number of benzene rings is 1. The van der Waals surface area contributed by atoms with Crippen molar-refractivity contribution in [2.75, 3.05) is 0 Å². The number of carboxylic acid groups (broad SMARTS) is 1. The number of hydrogen-bond donors (Lipinski definition) is 1. The Balaban J connectivity index is 2.41. The molecule has 1 atom stereocenters. The SMILES string of the molecule is Cc1cc(C2=C(C=CC(=O)C[C@H](CC(=O)O)O[Si](C)(C)C(C)(C)C)C(C)(C)CC(C)(C)C2)ccc1F. The quantitative estimate of drug-likeness (QED) is 0.266. The summed E-state index contributed by atoms with van der Waals surface area (Å²) in [6.07, 6.45) is 4.42. The van der Waals surface area contributed by atoms with Crippen LogP contribution in [0.15, 0.2) is 35.9 Å². The molecule has 6 heteroatoms. The Hall–Kier alpha value is -2.05. The fraction of sp³-hybridized carbons (Fsp3) is 0.600. The zero-order chi connectivity index (χ0) is 27.7. The molecule has 0 fully saturated rings. The largest absolute Gasteiger partial charge is 0.481 e. The molecule has 0 heterocycles. The van der Waals surface area contributed by atoms with E-state index in [-0.39, 0.29) is 40.3 Å². The summed E-state index contributed by atoms with van der Waals surface area (Å²) in [7, 11) is -2.24. The zero-order valence-electron chi connectivity index (χ0n) is 23.8. The molecular formula is C30H45FO4Si. The highest BCUT2D eigenvalue weighted by molar-refractivity contribution is 6.74. The first-order chi connectivity index (χ1) is 16.2. The van der Waals surface area contributed by atoms with Crippen LogP contribution in [0.5, 0.6) is 0 Å². The lowest BCUT2D eigenvalue weighted by molar-refractivity contribution is -0.139. The Morgan fingerprint density at radius 1 is 1.17 bits per heavy atom. The summed E-state index contributed by atoms with van der Waals surface area (Å²) in [5.74, 6) is -1.35. The van der Waals surface area contributed by atoms with Crippen LogP contribution in [0, 0.1) is 23.6 Å². The van der Waals surface area contributed by atoms with E-state index in [1.807, 2.05) is 18.2 Å². The summed E-state index contributed by atoms with van der Waals surface area (Å²) < 4.78 is 20.3. The molecule has 0 saturated heterocycles. The second kappa shape index (κ2) is 10.7. The minimum Gasteiger partial charge on any atom is -0.481 e. The van der Waals surface area contributed by atoms with Crippen LogP contribution < -0.4 is 0 Å². The first kappa shape index (κ1) is 30.2. The normalized spacial score (nSPS) is 19.0. The van der Waals surface area contributed by atoms with E-state index in [0.29, 0.717) is 5.56 Å². The number of carbonyl (C=O) groups is 2. The predicted molar refractivity (Wildman–Crippen MR) is 148 cm³/mol. The van der Waals surface area contributed by atoms with Gasteiger partial charge >= 0.3 is 5.97 Å². The first-order valence-electron chi connectivity index (χ1n) is 12.8. The van der Waals surface area contributed by atoms with Crippen LogP contribution >= 0.6 is 0 Å². The van der Waals surface area contributed by atoms with Crippen LogP contribution in [-0.2, 0) is 14.0 Å². The second-order valence-electron chi connectivity index (χ2n) is 13.4. The van der Waals surface area contributed by atoms with Gasteiger partial charge in [-0.3, -0.25) is 9.59 Å². The van der Waals surface area contributed by atoms with Gasteiger partial charge in [-0.05, 0) is 89.2 Å². The molecule has 1 N–H and O–H groups in total.